The zero-order valence-corrected chi connectivity index (χ0v) is 27.9. The number of aliphatic imine (C=N–C) groups is 1. The van der Waals surface area contributed by atoms with E-state index in [1.807, 2.05) is 42.5 Å². The van der Waals surface area contributed by atoms with Crippen LogP contribution in [0.4, 0.5) is 0 Å². The summed E-state index contributed by atoms with van der Waals surface area (Å²) in [6.45, 7) is 6.25. The largest absolute Gasteiger partial charge is 0.494 e. The third-order valence-corrected chi connectivity index (χ3v) is 7.82. The summed E-state index contributed by atoms with van der Waals surface area (Å²) >= 11 is 0. The molecule has 1 aliphatic rings. The molecule has 1 amide bonds. The lowest BCUT2D eigenvalue weighted by Crippen LogP contribution is -2.49. The quantitative estimate of drug-likeness (QED) is 0.0537. The monoisotopic (exact) mass is 655 g/mol. The van der Waals surface area contributed by atoms with Gasteiger partial charge >= 0.3 is 5.97 Å². The van der Waals surface area contributed by atoms with Gasteiger partial charge in [-0.2, -0.15) is 0 Å². The Hall–Kier alpha value is -4.86. The van der Waals surface area contributed by atoms with Crippen LogP contribution in [0.1, 0.15) is 81.2 Å². The van der Waals surface area contributed by atoms with E-state index in [0.29, 0.717) is 42.0 Å². The summed E-state index contributed by atoms with van der Waals surface area (Å²) in [7, 11) is 0. The third-order valence-electron chi connectivity index (χ3n) is 7.82. The Morgan fingerprint density at radius 1 is 1.02 bits per heavy atom. The van der Waals surface area contributed by atoms with Gasteiger partial charge in [0.05, 0.1) is 13.2 Å². The number of amides is 1. The molecule has 3 aromatic rings. The summed E-state index contributed by atoms with van der Waals surface area (Å²) in [6.07, 6.45) is 2.04. The zero-order chi connectivity index (χ0) is 34.4. The molecule has 2 N–H and O–H groups in total. The van der Waals surface area contributed by atoms with Crippen molar-refractivity contribution in [2.24, 2.45) is 10.1 Å². The van der Waals surface area contributed by atoms with Crippen LogP contribution in [0.15, 0.2) is 89.0 Å². The molecule has 0 saturated heterocycles. The van der Waals surface area contributed by atoms with Gasteiger partial charge < -0.3 is 24.6 Å². The molecule has 11 heteroatoms. The average Bonchev–Trinajstić information content (AvgIpc) is 3.47. The predicted molar refractivity (Wildman–Crippen MR) is 183 cm³/mol. The van der Waals surface area contributed by atoms with E-state index >= 15 is 0 Å². The fourth-order valence-corrected chi connectivity index (χ4v) is 5.53. The lowest BCUT2D eigenvalue weighted by Gasteiger charge is -2.32. The molecule has 254 valence electrons. The number of benzene rings is 3. The first kappa shape index (κ1) is 36.0. The van der Waals surface area contributed by atoms with Crippen molar-refractivity contribution in [1.82, 2.24) is 5.32 Å². The highest BCUT2D eigenvalue weighted by molar-refractivity contribution is 6.01. The van der Waals surface area contributed by atoms with Gasteiger partial charge in [-0.15, -0.1) is 0 Å². The first-order valence-electron chi connectivity index (χ1n) is 16.4. The maximum Gasteiger partial charge on any atom is 0.306 e. The molecule has 0 bridgehead atoms. The van der Waals surface area contributed by atoms with E-state index in [0.717, 1.165) is 19.3 Å². The van der Waals surface area contributed by atoms with Crippen molar-refractivity contribution >= 4 is 17.8 Å². The van der Waals surface area contributed by atoms with Gasteiger partial charge in [0.1, 0.15) is 11.4 Å². The van der Waals surface area contributed by atoms with Crippen molar-refractivity contribution in [3.05, 3.63) is 112 Å². The van der Waals surface area contributed by atoms with Gasteiger partial charge in [0, 0.05) is 36.5 Å². The van der Waals surface area contributed by atoms with Gasteiger partial charge in [-0.3, -0.25) is 9.59 Å². The molecular weight excluding hydrogens is 610 g/mol. The van der Waals surface area contributed by atoms with Crippen molar-refractivity contribution in [2.45, 2.75) is 83.1 Å². The van der Waals surface area contributed by atoms with Crippen LogP contribution in [-0.4, -0.2) is 53.8 Å². The summed E-state index contributed by atoms with van der Waals surface area (Å²) in [5.41, 5.74) is 10.0. The number of hydrogen-bond acceptors (Lipinski definition) is 8. The molecule has 1 heterocycles. The third kappa shape index (κ3) is 10.1. The number of nitrogens with zero attached hydrogens (tertiary/aromatic N) is 4. The van der Waals surface area contributed by atoms with E-state index in [9.17, 15) is 9.59 Å². The number of azide groups is 1. The standard InChI is InChI=1S/C37H45N5O6/c1-36(2,3)48-32(44)21-22-37(35(45)39-23-10-9-14-27-12-5-4-6-13-27)33(31-16-8-7-15-29(31)26-40-42-38)47-34(41-37)28-17-19-30(20-18-28)46-25-11-24-43/h4-8,12-13,15-20,33,43H,9-11,14,21-26H2,1-3H3,(H,39,45)/t33-,37-/m1/s1. The van der Waals surface area contributed by atoms with Gasteiger partial charge in [0.15, 0.2) is 11.6 Å². The van der Waals surface area contributed by atoms with E-state index in [2.05, 4.69) is 27.5 Å². The highest BCUT2D eigenvalue weighted by atomic mass is 16.6. The number of ether oxygens (including phenoxy) is 3. The Balaban J connectivity index is 1.68. The maximum absolute atomic E-state index is 14.4. The molecule has 0 spiro atoms. The van der Waals surface area contributed by atoms with E-state index < -0.39 is 23.2 Å². The van der Waals surface area contributed by atoms with Crippen LogP contribution in [0, 0.1) is 0 Å². The summed E-state index contributed by atoms with van der Waals surface area (Å²) in [5, 5.41) is 15.9. The van der Waals surface area contributed by atoms with Crippen LogP contribution >= 0.6 is 0 Å². The normalized spacial score (nSPS) is 17.1. The molecule has 48 heavy (non-hydrogen) atoms. The molecular formula is C37H45N5O6. The molecule has 3 aromatic carbocycles. The molecule has 0 unspecified atom stereocenters. The van der Waals surface area contributed by atoms with Crippen LogP contribution in [0.25, 0.3) is 10.4 Å². The van der Waals surface area contributed by atoms with Crippen LogP contribution in [0.5, 0.6) is 5.75 Å². The fraction of sp³-hybridized carbons (Fsp3) is 0.432. The predicted octanol–water partition coefficient (Wildman–Crippen LogP) is 6.78. The molecule has 0 aromatic heterocycles. The van der Waals surface area contributed by atoms with E-state index in [1.165, 1.54) is 5.56 Å². The number of esters is 1. The molecule has 0 aliphatic carbocycles. The number of rotatable bonds is 17. The van der Waals surface area contributed by atoms with Gasteiger partial charge in [0.25, 0.3) is 5.91 Å². The van der Waals surface area contributed by atoms with Crippen LogP contribution < -0.4 is 10.1 Å². The maximum atomic E-state index is 14.4. The molecule has 2 atom stereocenters. The highest BCUT2D eigenvalue weighted by Gasteiger charge is 2.53. The van der Waals surface area contributed by atoms with Crippen LogP contribution in [0.3, 0.4) is 0 Å². The molecule has 0 saturated carbocycles. The number of carbonyl (C=O) groups excluding carboxylic acids is 2. The number of aliphatic hydroxyl groups excluding tert-OH is 1. The first-order chi connectivity index (χ1) is 23.1. The molecule has 0 fully saturated rings. The average molecular weight is 656 g/mol. The van der Waals surface area contributed by atoms with Crippen LogP contribution in [0.2, 0.25) is 0 Å². The number of aliphatic hydroxyl groups is 1. The molecule has 11 nitrogen and oxygen atoms in total. The second-order valence-electron chi connectivity index (χ2n) is 12.7. The zero-order valence-electron chi connectivity index (χ0n) is 27.9. The summed E-state index contributed by atoms with van der Waals surface area (Å²) < 4.78 is 17.9. The second kappa shape index (κ2) is 17.3. The van der Waals surface area contributed by atoms with Gasteiger partial charge in [-0.1, -0.05) is 59.7 Å². The van der Waals surface area contributed by atoms with E-state index in [-0.39, 0.29) is 37.8 Å². The Labute approximate surface area is 282 Å². The SMILES string of the molecule is CC(C)(C)OC(=O)CC[C@@]1(C(=O)NCCCCc2ccccc2)N=C(c2ccc(OCCCO)cc2)O[C@@H]1c1ccccc1CN=[N+]=[N-]. The van der Waals surface area contributed by atoms with Crippen molar-refractivity contribution in [3.63, 3.8) is 0 Å². The summed E-state index contributed by atoms with van der Waals surface area (Å²) in [6, 6.07) is 24.6. The first-order valence-corrected chi connectivity index (χ1v) is 16.4. The minimum atomic E-state index is -1.53. The van der Waals surface area contributed by atoms with Crippen molar-refractivity contribution < 1.29 is 28.9 Å². The van der Waals surface area contributed by atoms with E-state index in [1.54, 1.807) is 45.0 Å². The smallest absolute Gasteiger partial charge is 0.306 e. The Bertz CT molecular complexity index is 1580. The highest BCUT2D eigenvalue weighted by Crippen LogP contribution is 2.44. The molecule has 4 rings (SSSR count). The number of hydrogen-bond donors (Lipinski definition) is 2. The number of aryl methyl sites for hydroxylation is 1. The lowest BCUT2D eigenvalue weighted by molar-refractivity contribution is -0.155. The van der Waals surface area contributed by atoms with Crippen LogP contribution in [-0.2, 0) is 32.0 Å². The van der Waals surface area contributed by atoms with E-state index in [4.69, 9.17) is 29.8 Å². The summed E-state index contributed by atoms with van der Waals surface area (Å²) in [4.78, 5) is 35.4. The van der Waals surface area contributed by atoms with Gasteiger partial charge in [-0.05, 0) is 92.9 Å². The van der Waals surface area contributed by atoms with Gasteiger partial charge in [-0.25, -0.2) is 4.99 Å². The number of carbonyl (C=O) groups is 2. The Kier molecular flexibility index (Phi) is 13.0. The Morgan fingerprint density at radius 2 is 1.75 bits per heavy atom. The lowest BCUT2D eigenvalue weighted by atomic mass is 9.81. The number of unbranched alkanes of at least 4 members (excludes halogenated alkanes) is 1. The number of nitrogens with one attached hydrogen (secondary N) is 1. The minimum absolute atomic E-state index is 0.0180. The van der Waals surface area contributed by atoms with Crippen molar-refractivity contribution in [2.75, 3.05) is 19.8 Å². The Morgan fingerprint density at radius 3 is 2.46 bits per heavy atom. The topological polar surface area (TPSA) is 155 Å². The van der Waals surface area contributed by atoms with Crippen molar-refractivity contribution in [3.8, 4) is 5.75 Å². The molecule has 0 radical (unpaired) electrons. The molecule has 1 aliphatic heterocycles. The fourth-order valence-electron chi connectivity index (χ4n) is 5.53. The second-order valence-corrected chi connectivity index (χ2v) is 12.7. The van der Waals surface area contributed by atoms with Crippen molar-refractivity contribution in [1.29, 1.82) is 0 Å². The minimum Gasteiger partial charge on any atom is -0.494 e. The summed E-state index contributed by atoms with van der Waals surface area (Å²) in [5.74, 6) is 0.0374. The van der Waals surface area contributed by atoms with Gasteiger partial charge in [0.2, 0.25) is 5.90 Å².